The number of hydrogen-bond acceptors (Lipinski definition) is 5. The Labute approximate surface area is 187 Å². The lowest BCUT2D eigenvalue weighted by Crippen LogP contribution is -2.04. The van der Waals surface area contributed by atoms with Crippen molar-refractivity contribution in [1.82, 2.24) is 15.0 Å². The first-order chi connectivity index (χ1) is 14.8. The fraction of sp³-hybridized carbons (Fsp3) is 0.348. The standard InChI is InChI=1S/C23H22F3N3S2/c1-14-6-8-15(9-7-14)12-19-29-20(16-4-3-5-17(13-16)23(24,25)26)21(31-19)18-10-11-27-22(28-18)30-2/h3-5,10-14H,6-9H2,1-2H3. The fourth-order valence-electron chi connectivity index (χ4n) is 3.63. The zero-order chi connectivity index (χ0) is 22.0. The van der Waals surface area contributed by atoms with Gasteiger partial charge in [-0.3, -0.25) is 0 Å². The Hall–Kier alpha value is -2.19. The lowest BCUT2D eigenvalue weighted by Gasteiger charge is -2.19. The minimum Gasteiger partial charge on any atom is -0.236 e. The van der Waals surface area contributed by atoms with E-state index in [9.17, 15) is 13.2 Å². The van der Waals surface area contributed by atoms with E-state index in [1.807, 2.05) is 6.26 Å². The number of nitrogens with zero attached hydrogens (tertiary/aromatic N) is 3. The second-order valence-electron chi connectivity index (χ2n) is 7.72. The minimum atomic E-state index is -4.41. The molecule has 0 atom stereocenters. The number of allylic oxidation sites excluding steroid dienone is 1. The Morgan fingerprint density at radius 1 is 1.13 bits per heavy atom. The normalized spacial score (nSPS) is 17.1. The van der Waals surface area contributed by atoms with Crippen molar-refractivity contribution in [2.24, 2.45) is 5.92 Å². The summed E-state index contributed by atoms with van der Waals surface area (Å²) in [4.78, 5) is 14.3. The van der Waals surface area contributed by atoms with Crippen LogP contribution in [0.15, 0.2) is 47.3 Å². The molecule has 3 nitrogen and oxygen atoms in total. The molecule has 1 aliphatic rings. The SMILES string of the molecule is CSc1nccc(-c2sc(C=C3CCC(C)CC3)nc2-c2cccc(C(F)(F)F)c2)n1. The maximum Gasteiger partial charge on any atom is 0.416 e. The van der Waals surface area contributed by atoms with Crippen molar-refractivity contribution in [2.45, 2.75) is 43.9 Å². The second-order valence-corrected chi connectivity index (χ2v) is 9.53. The summed E-state index contributed by atoms with van der Waals surface area (Å²) in [5.74, 6) is 0.732. The number of aromatic nitrogens is 3. The Balaban J connectivity index is 1.81. The van der Waals surface area contributed by atoms with E-state index < -0.39 is 11.7 Å². The molecule has 31 heavy (non-hydrogen) atoms. The van der Waals surface area contributed by atoms with E-state index in [0.717, 1.165) is 53.6 Å². The van der Waals surface area contributed by atoms with Gasteiger partial charge in [0.2, 0.25) is 0 Å². The van der Waals surface area contributed by atoms with Crippen LogP contribution in [0.5, 0.6) is 0 Å². The summed E-state index contributed by atoms with van der Waals surface area (Å²) in [5.41, 5.74) is 2.30. The molecule has 0 spiro atoms. The van der Waals surface area contributed by atoms with Gasteiger partial charge in [0, 0.05) is 11.8 Å². The molecule has 0 unspecified atom stereocenters. The Morgan fingerprint density at radius 2 is 1.90 bits per heavy atom. The molecule has 0 saturated heterocycles. The predicted molar refractivity (Wildman–Crippen MR) is 121 cm³/mol. The molecular formula is C23H22F3N3S2. The lowest BCUT2D eigenvalue weighted by molar-refractivity contribution is -0.137. The van der Waals surface area contributed by atoms with Crippen LogP contribution in [0.3, 0.4) is 0 Å². The molecular weight excluding hydrogens is 439 g/mol. The molecule has 2 heterocycles. The number of alkyl halides is 3. The highest BCUT2D eigenvalue weighted by molar-refractivity contribution is 7.98. The highest BCUT2D eigenvalue weighted by Crippen LogP contribution is 2.40. The van der Waals surface area contributed by atoms with Gasteiger partial charge in [-0.25, -0.2) is 15.0 Å². The van der Waals surface area contributed by atoms with Gasteiger partial charge in [-0.05, 0) is 62.1 Å². The number of hydrogen-bond donors (Lipinski definition) is 0. The molecule has 3 aromatic rings. The van der Waals surface area contributed by atoms with Crippen LogP contribution in [0.4, 0.5) is 13.2 Å². The fourth-order valence-corrected chi connectivity index (χ4v) is 5.03. The van der Waals surface area contributed by atoms with E-state index in [4.69, 9.17) is 4.98 Å². The Morgan fingerprint density at radius 3 is 2.61 bits per heavy atom. The molecule has 0 bridgehead atoms. The monoisotopic (exact) mass is 461 g/mol. The average molecular weight is 462 g/mol. The van der Waals surface area contributed by atoms with Gasteiger partial charge in [0.1, 0.15) is 5.01 Å². The summed E-state index contributed by atoms with van der Waals surface area (Å²) in [7, 11) is 0. The summed E-state index contributed by atoms with van der Waals surface area (Å²) >= 11 is 2.89. The van der Waals surface area contributed by atoms with Crippen molar-refractivity contribution >= 4 is 29.2 Å². The van der Waals surface area contributed by atoms with Crippen LogP contribution in [0.25, 0.3) is 27.9 Å². The van der Waals surface area contributed by atoms with Gasteiger partial charge in [-0.15, -0.1) is 11.3 Å². The molecule has 162 valence electrons. The average Bonchev–Trinajstić information content (AvgIpc) is 3.19. The molecule has 0 aliphatic heterocycles. The maximum absolute atomic E-state index is 13.3. The number of halogens is 3. The lowest BCUT2D eigenvalue weighted by atomic mass is 9.87. The summed E-state index contributed by atoms with van der Waals surface area (Å²) in [6.07, 6.45) is 5.66. The van der Waals surface area contributed by atoms with Gasteiger partial charge in [-0.1, -0.05) is 36.4 Å². The van der Waals surface area contributed by atoms with Crippen LogP contribution in [0.2, 0.25) is 0 Å². The first kappa shape index (κ1) is 22.0. The molecule has 0 amide bonds. The first-order valence-electron chi connectivity index (χ1n) is 10.1. The summed E-state index contributed by atoms with van der Waals surface area (Å²) < 4.78 is 39.9. The van der Waals surface area contributed by atoms with Crippen molar-refractivity contribution in [3.8, 4) is 21.8 Å². The van der Waals surface area contributed by atoms with Gasteiger partial charge in [-0.2, -0.15) is 13.2 Å². The van der Waals surface area contributed by atoms with E-state index in [1.165, 1.54) is 34.7 Å². The number of rotatable bonds is 4. The maximum atomic E-state index is 13.3. The third-order valence-corrected chi connectivity index (χ3v) is 6.99. The summed E-state index contributed by atoms with van der Waals surface area (Å²) in [6, 6.07) is 7.12. The molecule has 1 aromatic carbocycles. The van der Waals surface area contributed by atoms with Gasteiger partial charge >= 0.3 is 6.18 Å². The topological polar surface area (TPSA) is 38.7 Å². The van der Waals surface area contributed by atoms with Crippen molar-refractivity contribution < 1.29 is 13.2 Å². The molecule has 1 saturated carbocycles. The third kappa shape index (κ3) is 5.18. The largest absolute Gasteiger partial charge is 0.416 e. The van der Waals surface area contributed by atoms with Crippen LogP contribution in [0, 0.1) is 5.92 Å². The number of benzene rings is 1. The molecule has 1 aliphatic carbocycles. The first-order valence-corrected chi connectivity index (χ1v) is 12.1. The highest BCUT2D eigenvalue weighted by atomic mass is 32.2. The van der Waals surface area contributed by atoms with Gasteiger partial charge in [0.05, 0.1) is 21.8 Å². The van der Waals surface area contributed by atoms with Crippen LogP contribution in [-0.4, -0.2) is 21.2 Å². The van der Waals surface area contributed by atoms with Gasteiger partial charge < -0.3 is 0 Å². The van der Waals surface area contributed by atoms with Crippen LogP contribution < -0.4 is 0 Å². The van der Waals surface area contributed by atoms with Crippen molar-refractivity contribution in [3.63, 3.8) is 0 Å². The van der Waals surface area contributed by atoms with E-state index >= 15 is 0 Å². The third-order valence-electron chi connectivity index (χ3n) is 5.40. The molecule has 4 rings (SSSR count). The van der Waals surface area contributed by atoms with Crippen LogP contribution >= 0.6 is 23.1 Å². The zero-order valence-electron chi connectivity index (χ0n) is 17.2. The predicted octanol–water partition coefficient (Wildman–Crippen LogP) is 7.60. The summed E-state index contributed by atoms with van der Waals surface area (Å²) in [5, 5.41) is 1.42. The molecule has 0 N–H and O–H groups in total. The molecule has 8 heteroatoms. The van der Waals surface area contributed by atoms with Crippen LogP contribution in [-0.2, 0) is 6.18 Å². The minimum absolute atomic E-state index is 0.437. The Kier molecular flexibility index (Phi) is 6.48. The quantitative estimate of drug-likeness (QED) is 0.296. The van der Waals surface area contributed by atoms with Gasteiger partial charge in [0.15, 0.2) is 5.16 Å². The van der Waals surface area contributed by atoms with Crippen LogP contribution in [0.1, 0.15) is 43.2 Å². The van der Waals surface area contributed by atoms with E-state index in [-0.39, 0.29) is 0 Å². The van der Waals surface area contributed by atoms with E-state index in [2.05, 4.69) is 23.0 Å². The Bertz CT molecular complexity index is 1100. The highest BCUT2D eigenvalue weighted by Gasteiger charge is 2.31. The molecule has 0 radical (unpaired) electrons. The van der Waals surface area contributed by atoms with Crippen molar-refractivity contribution in [2.75, 3.05) is 6.26 Å². The number of thiazole rings is 1. The molecule has 1 fully saturated rings. The smallest absolute Gasteiger partial charge is 0.236 e. The van der Waals surface area contributed by atoms with E-state index in [1.54, 1.807) is 18.3 Å². The molecule has 2 aromatic heterocycles. The number of thioether (sulfide) groups is 1. The van der Waals surface area contributed by atoms with Crippen molar-refractivity contribution in [1.29, 1.82) is 0 Å². The van der Waals surface area contributed by atoms with Crippen molar-refractivity contribution in [3.05, 3.63) is 52.7 Å². The summed E-state index contributed by atoms with van der Waals surface area (Å²) in [6.45, 7) is 2.27. The van der Waals surface area contributed by atoms with E-state index in [0.29, 0.717) is 22.1 Å². The second kappa shape index (κ2) is 9.12. The van der Waals surface area contributed by atoms with Gasteiger partial charge in [0.25, 0.3) is 0 Å². The zero-order valence-corrected chi connectivity index (χ0v) is 18.9.